The SMILES string of the molecule is O=C1CC2C=C(Br)CN=C2N1. The van der Waals surface area contributed by atoms with Crippen LogP contribution in [0.5, 0.6) is 0 Å². The first-order valence-corrected chi connectivity index (χ1v) is 4.25. The Labute approximate surface area is 72.7 Å². The molecule has 1 fully saturated rings. The van der Waals surface area contributed by atoms with E-state index in [9.17, 15) is 4.79 Å². The highest BCUT2D eigenvalue weighted by Crippen LogP contribution is 2.22. The summed E-state index contributed by atoms with van der Waals surface area (Å²) in [7, 11) is 0. The Balaban J connectivity index is 2.26. The molecule has 2 heterocycles. The number of carbonyl (C=O) groups excluding carboxylic acids is 1. The van der Waals surface area contributed by atoms with Gasteiger partial charge in [0.05, 0.1) is 6.54 Å². The third-order valence-electron chi connectivity index (χ3n) is 1.81. The molecule has 0 aromatic rings. The van der Waals surface area contributed by atoms with Gasteiger partial charge in [-0.1, -0.05) is 22.0 Å². The standard InChI is InChI=1S/C7H7BrN2O/c8-5-1-4-2-6(11)10-7(4)9-3-5/h1,4H,2-3H2,(H,9,10,11). The van der Waals surface area contributed by atoms with Crippen LogP contribution in [0.4, 0.5) is 0 Å². The zero-order valence-corrected chi connectivity index (χ0v) is 7.39. The van der Waals surface area contributed by atoms with Crippen molar-refractivity contribution in [2.24, 2.45) is 10.9 Å². The van der Waals surface area contributed by atoms with Crippen LogP contribution in [0.2, 0.25) is 0 Å². The second-order valence-electron chi connectivity index (χ2n) is 2.67. The third-order valence-corrected chi connectivity index (χ3v) is 2.32. The lowest BCUT2D eigenvalue weighted by molar-refractivity contribution is -0.118. The molecule has 4 heteroatoms. The van der Waals surface area contributed by atoms with Gasteiger partial charge in [-0.15, -0.1) is 0 Å². The molecule has 1 amide bonds. The Bertz CT molecular complexity index is 270. The second kappa shape index (κ2) is 2.44. The van der Waals surface area contributed by atoms with Gasteiger partial charge in [0.25, 0.3) is 0 Å². The smallest absolute Gasteiger partial charge is 0.226 e. The molecule has 1 saturated heterocycles. The van der Waals surface area contributed by atoms with Crippen LogP contribution in [0.15, 0.2) is 15.6 Å². The van der Waals surface area contributed by atoms with Crippen LogP contribution in [0.3, 0.4) is 0 Å². The van der Waals surface area contributed by atoms with Gasteiger partial charge in [0.2, 0.25) is 5.91 Å². The average molecular weight is 215 g/mol. The lowest BCUT2D eigenvalue weighted by atomic mass is 10.1. The molecule has 2 rings (SSSR count). The van der Waals surface area contributed by atoms with Gasteiger partial charge in [-0.3, -0.25) is 9.79 Å². The Morgan fingerprint density at radius 2 is 2.55 bits per heavy atom. The molecule has 11 heavy (non-hydrogen) atoms. The van der Waals surface area contributed by atoms with Gasteiger partial charge in [-0.25, -0.2) is 0 Å². The van der Waals surface area contributed by atoms with Gasteiger partial charge in [-0.2, -0.15) is 0 Å². The van der Waals surface area contributed by atoms with E-state index in [0.29, 0.717) is 13.0 Å². The number of hydrogen-bond acceptors (Lipinski definition) is 2. The van der Waals surface area contributed by atoms with E-state index in [-0.39, 0.29) is 11.8 Å². The molecule has 0 bridgehead atoms. The minimum atomic E-state index is 0.0761. The number of aliphatic imine (C=N–C) groups is 1. The van der Waals surface area contributed by atoms with Crippen molar-refractivity contribution in [2.75, 3.05) is 6.54 Å². The van der Waals surface area contributed by atoms with Crippen molar-refractivity contribution in [3.8, 4) is 0 Å². The van der Waals surface area contributed by atoms with Gasteiger partial charge in [0.1, 0.15) is 5.84 Å². The molecular weight excluding hydrogens is 208 g/mol. The van der Waals surface area contributed by atoms with Crippen molar-refractivity contribution in [2.45, 2.75) is 6.42 Å². The molecule has 58 valence electrons. The second-order valence-corrected chi connectivity index (χ2v) is 3.69. The van der Waals surface area contributed by atoms with Crippen molar-refractivity contribution >= 4 is 27.7 Å². The molecule has 0 radical (unpaired) electrons. The molecule has 1 unspecified atom stereocenters. The van der Waals surface area contributed by atoms with Gasteiger partial charge >= 0.3 is 0 Å². The summed E-state index contributed by atoms with van der Waals surface area (Å²) in [6, 6.07) is 0. The zero-order valence-electron chi connectivity index (χ0n) is 5.80. The van der Waals surface area contributed by atoms with Crippen molar-refractivity contribution < 1.29 is 4.79 Å². The number of hydrogen-bond donors (Lipinski definition) is 1. The summed E-state index contributed by atoms with van der Waals surface area (Å²) < 4.78 is 1.07. The number of amides is 1. The maximum atomic E-state index is 10.9. The van der Waals surface area contributed by atoms with Crippen LogP contribution >= 0.6 is 15.9 Å². The van der Waals surface area contributed by atoms with Crippen LogP contribution in [-0.2, 0) is 4.79 Å². The largest absolute Gasteiger partial charge is 0.314 e. The molecule has 2 aliphatic rings. The van der Waals surface area contributed by atoms with E-state index in [0.717, 1.165) is 10.3 Å². The van der Waals surface area contributed by atoms with E-state index >= 15 is 0 Å². The number of rotatable bonds is 0. The first kappa shape index (κ1) is 7.03. The molecule has 1 N–H and O–H groups in total. The van der Waals surface area contributed by atoms with E-state index < -0.39 is 0 Å². The van der Waals surface area contributed by atoms with Crippen molar-refractivity contribution in [1.82, 2.24) is 5.32 Å². The molecule has 0 aliphatic carbocycles. The number of amidine groups is 1. The molecule has 0 spiro atoms. The van der Waals surface area contributed by atoms with Crippen LogP contribution in [0.1, 0.15) is 6.42 Å². The lowest BCUT2D eigenvalue weighted by Gasteiger charge is -2.10. The molecule has 2 aliphatic heterocycles. The number of carbonyl (C=O) groups is 1. The molecule has 1 atom stereocenters. The zero-order chi connectivity index (χ0) is 7.84. The predicted octanol–water partition coefficient (Wildman–Crippen LogP) is 0.813. The van der Waals surface area contributed by atoms with Crippen LogP contribution in [0, 0.1) is 5.92 Å². The molecule has 0 aromatic carbocycles. The van der Waals surface area contributed by atoms with Crippen LogP contribution in [-0.4, -0.2) is 18.3 Å². The minimum Gasteiger partial charge on any atom is -0.314 e. The predicted molar refractivity (Wildman–Crippen MR) is 45.6 cm³/mol. The maximum absolute atomic E-state index is 10.9. The van der Waals surface area contributed by atoms with Crippen molar-refractivity contribution in [3.05, 3.63) is 10.6 Å². The summed E-state index contributed by atoms with van der Waals surface area (Å²) in [5.41, 5.74) is 0. The summed E-state index contributed by atoms with van der Waals surface area (Å²) >= 11 is 3.36. The van der Waals surface area contributed by atoms with E-state index in [1.54, 1.807) is 0 Å². The van der Waals surface area contributed by atoms with Crippen molar-refractivity contribution in [1.29, 1.82) is 0 Å². The van der Waals surface area contributed by atoms with E-state index in [1.807, 2.05) is 6.08 Å². The number of halogens is 1. The molecular formula is C7H7BrN2O. The number of nitrogens with zero attached hydrogens (tertiary/aromatic N) is 1. The number of nitrogens with one attached hydrogen (secondary N) is 1. The Hall–Kier alpha value is -0.640. The van der Waals surface area contributed by atoms with E-state index in [2.05, 4.69) is 26.2 Å². The Morgan fingerprint density at radius 3 is 3.36 bits per heavy atom. The Morgan fingerprint density at radius 1 is 1.73 bits per heavy atom. The van der Waals surface area contributed by atoms with Crippen LogP contribution in [0.25, 0.3) is 0 Å². The lowest BCUT2D eigenvalue weighted by Crippen LogP contribution is -2.24. The number of fused-ring (bicyclic) bond motifs is 1. The quantitative estimate of drug-likeness (QED) is 0.638. The summed E-state index contributed by atoms with van der Waals surface area (Å²) in [5, 5.41) is 2.72. The highest BCUT2D eigenvalue weighted by molar-refractivity contribution is 9.11. The van der Waals surface area contributed by atoms with Gasteiger partial charge in [-0.05, 0) is 0 Å². The topological polar surface area (TPSA) is 41.5 Å². The first-order valence-electron chi connectivity index (χ1n) is 3.46. The van der Waals surface area contributed by atoms with Crippen LogP contribution < -0.4 is 5.32 Å². The monoisotopic (exact) mass is 214 g/mol. The molecule has 3 nitrogen and oxygen atoms in total. The average Bonchev–Trinajstić information content (AvgIpc) is 2.27. The summed E-state index contributed by atoms with van der Waals surface area (Å²) in [6.07, 6.45) is 2.59. The maximum Gasteiger partial charge on any atom is 0.226 e. The van der Waals surface area contributed by atoms with Gasteiger partial charge < -0.3 is 5.32 Å². The molecule has 0 saturated carbocycles. The van der Waals surface area contributed by atoms with Gasteiger partial charge in [0.15, 0.2) is 0 Å². The highest BCUT2D eigenvalue weighted by atomic mass is 79.9. The van der Waals surface area contributed by atoms with E-state index in [1.165, 1.54) is 0 Å². The highest BCUT2D eigenvalue weighted by Gasteiger charge is 2.28. The molecule has 0 aromatic heterocycles. The third kappa shape index (κ3) is 1.22. The fourth-order valence-corrected chi connectivity index (χ4v) is 1.75. The summed E-state index contributed by atoms with van der Waals surface area (Å²) in [4.78, 5) is 15.1. The minimum absolute atomic E-state index is 0.0761. The fraction of sp³-hybridized carbons (Fsp3) is 0.429. The summed E-state index contributed by atoms with van der Waals surface area (Å²) in [5.74, 6) is 1.11. The first-order chi connectivity index (χ1) is 5.25. The fourth-order valence-electron chi connectivity index (χ4n) is 1.31. The normalized spacial score (nSPS) is 28.8. The number of dihydropyridines is 1. The van der Waals surface area contributed by atoms with E-state index in [4.69, 9.17) is 0 Å². The van der Waals surface area contributed by atoms with Crippen molar-refractivity contribution in [3.63, 3.8) is 0 Å². The van der Waals surface area contributed by atoms with Gasteiger partial charge in [0, 0.05) is 16.8 Å². The Kier molecular flexibility index (Phi) is 1.56. The summed E-state index contributed by atoms with van der Waals surface area (Å²) in [6.45, 7) is 0.659.